The summed E-state index contributed by atoms with van der Waals surface area (Å²) in [4.78, 5) is 18.9. The van der Waals surface area contributed by atoms with Crippen LogP contribution in [0, 0.1) is 5.92 Å². The van der Waals surface area contributed by atoms with Gasteiger partial charge in [0.25, 0.3) is 0 Å². The van der Waals surface area contributed by atoms with Gasteiger partial charge < -0.3 is 20.1 Å². The van der Waals surface area contributed by atoms with Crippen LogP contribution in [0.2, 0.25) is 0 Å². The summed E-state index contributed by atoms with van der Waals surface area (Å²) < 4.78 is 10.2. The monoisotopic (exact) mass is 532 g/mol. The van der Waals surface area contributed by atoms with Crippen molar-refractivity contribution in [1.82, 2.24) is 15.5 Å². The normalized spacial score (nSPS) is 16.0. The molecule has 170 valence electrons. The first-order valence-electron chi connectivity index (χ1n) is 10.6. The molecule has 0 aromatic heterocycles. The van der Waals surface area contributed by atoms with Crippen LogP contribution in [0.3, 0.4) is 0 Å². The zero-order valence-electron chi connectivity index (χ0n) is 18.6. The lowest BCUT2D eigenvalue weighted by Gasteiger charge is -2.36. The van der Waals surface area contributed by atoms with Crippen LogP contribution in [-0.4, -0.2) is 75.9 Å². The summed E-state index contributed by atoms with van der Waals surface area (Å²) in [5.41, 5.74) is 1.73. The van der Waals surface area contributed by atoms with Crippen LogP contribution in [0.4, 0.5) is 0 Å². The van der Waals surface area contributed by atoms with Crippen molar-refractivity contribution < 1.29 is 14.3 Å². The van der Waals surface area contributed by atoms with Crippen LogP contribution in [0.25, 0.3) is 0 Å². The molecule has 1 atom stereocenters. The van der Waals surface area contributed by atoms with Crippen molar-refractivity contribution in [2.24, 2.45) is 10.9 Å². The van der Waals surface area contributed by atoms with Crippen molar-refractivity contribution in [1.29, 1.82) is 0 Å². The number of methoxy groups -OCH3 is 1. The number of esters is 1. The number of hydrogen-bond donors (Lipinski definition) is 2. The minimum Gasteiger partial charge on any atom is -0.465 e. The van der Waals surface area contributed by atoms with Gasteiger partial charge in [0.1, 0.15) is 0 Å². The molecule has 0 saturated carbocycles. The van der Waals surface area contributed by atoms with E-state index in [1.54, 1.807) is 12.1 Å². The molecule has 8 heteroatoms. The first-order chi connectivity index (χ1) is 14.0. The second kappa shape index (κ2) is 14.6. The third-order valence-corrected chi connectivity index (χ3v) is 5.15. The zero-order valence-corrected chi connectivity index (χ0v) is 21.0. The van der Waals surface area contributed by atoms with Crippen molar-refractivity contribution in [3.8, 4) is 0 Å². The Bertz CT molecular complexity index is 646. The van der Waals surface area contributed by atoms with Crippen molar-refractivity contribution >= 4 is 35.9 Å². The van der Waals surface area contributed by atoms with Gasteiger partial charge in [-0.05, 0) is 37.0 Å². The Labute approximate surface area is 198 Å². The molecule has 1 aliphatic rings. The fourth-order valence-electron chi connectivity index (χ4n) is 3.43. The number of carbonyl (C=O) groups is 1. The van der Waals surface area contributed by atoms with Crippen LogP contribution in [-0.2, 0) is 15.9 Å². The molecular formula is C22H37IN4O3. The number of nitrogens with one attached hydrogen (secondary N) is 2. The molecule has 1 unspecified atom stereocenters. The average Bonchev–Trinajstić information content (AvgIpc) is 2.74. The van der Waals surface area contributed by atoms with E-state index in [1.165, 1.54) is 7.11 Å². The highest BCUT2D eigenvalue weighted by atomic mass is 127. The first-order valence-corrected chi connectivity index (χ1v) is 10.6. The van der Waals surface area contributed by atoms with E-state index in [-0.39, 0.29) is 29.9 Å². The second-order valence-electron chi connectivity index (χ2n) is 7.54. The highest BCUT2D eigenvalue weighted by molar-refractivity contribution is 14.0. The fourth-order valence-corrected chi connectivity index (χ4v) is 3.43. The Morgan fingerprint density at radius 3 is 2.43 bits per heavy atom. The third kappa shape index (κ3) is 8.77. The molecular weight excluding hydrogens is 495 g/mol. The maximum atomic E-state index is 11.5. The molecule has 7 nitrogen and oxygen atoms in total. The van der Waals surface area contributed by atoms with E-state index in [1.807, 2.05) is 12.1 Å². The highest BCUT2D eigenvalue weighted by Crippen LogP contribution is 2.13. The van der Waals surface area contributed by atoms with Crippen LogP contribution in [0.15, 0.2) is 29.3 Å². The number of halogens is 1. The molecule has 0 spiro atoms. The number of aliphatic imine (C=N–C) groups is 1. The summed E-state index contributed by atoms with van der Waals surface area (Å²) in [5, 5.41) is 6.75. The number of hydrogen-bond acceptors (Lipinski definition) is 5. The summed E-state index contributed by atoms with van der Waals surface area (Å²) in [6.07, 6.45) is 0.850. The molecule has 2 N–H and O–H groups in total. The van der Waals surface area contributed by atoms with Gasteiger partial charge in [-0.1, -0.05) is 26.0 Å². The smallest absolute Gasteiger partial charge is 0.337 e. The molecule has 0 aliphatic carbocycles. The Hall–Kier alpha value is -1.39. The summed E-state index contributed by atoms with van der Waals surface area (Å²) in [6.45, 7) is 12.5. The number of benzene rings is 1. The molecule has 0 amide bonds. The molecule has 0 radical (unpaired) electrons. The van der Waals surface area contributed by atoms with E-state index in [2.05, 4.69) is 36.3 Å². The number of nitrogens with zero attached hydrogens (tertiary/aromatic N) is 2. The zero-order chi connectivity index (χ0) is 21.1. The topological polar surface area (TPSA) is 75.2 Å². The molecule has 1 aliphatic heterocycles. The first kappa shape index (κ1) is 26.6. The van der Waals surface area contributed by atoms with Crippen molar-refractivity contribution in [2.45, 2.75) is 33.2 Å². The van der Waals surface area contributed by atoms with Gasteiger partial charge in [0.05, 0.1) is 32.4 Å². The van der Waals surface area contributed by atoms with Crippen LogP contribution >= 0.6 is 24.0 Å². The SMILES string of the molecule is CCNC(=NCC(C(C)C)N1CCOCC1)NCCc1ccc(C(=O)OC)cc1.I. The maximum Gasteiger partial charge on any atom is 0.337 e. The lowest BCUT2D eigenvalue weighted by Crippen LogP contribution is -2.48. The maximum absolute atomic E-state index is 11.5. The lowest BCUT2D eigenvalue weighted by molar-refractivity contribution is 0.00867. The van der Waals surface area contributed by atoms with E-state index in [9.17, 15) is 4.79 Å². The van der Waals surface area contributed by atoms with Gasteiger partial charge in [0, 0.05) is 32.2 Å². The Balaban J connectivity index is 0.00000450. The minimum absolute atomic E-state index is 0. The standard InChI is InChI=1S/C22H36N4O3.HI/c1-5-23-22(25-16-20(17(2)3)26-12-14-29-15-13-26)24-11-10-18-6-8-19(9-7-18)21(27)28-4;/h6-9,17,20H,5,10-16H2,1-4H3,(H2,23,24,25);1H. The predicted octanol–water partition coefficient (Wildman–Crippen LogP) is 2.55. The Kier molecular flexibility index (Phi) is 13.0. The van der Waals surface area contributed by atoms with Gasteiger partial charge in [-0.3, -0.25) is 9.89 Å². The molecule has 1 saturated heterocycles. The van der Waals surface area contributed by atoms with Gasteiger partial charge in [0.2, 0.25) is 0 Å². The number of carbonyl (C=O) groups excluding carboxylic acids is 1. The van der Waals surface area contributed by atoms with Crippen LogP contribution in [0.1, 0.15) is 36.7 Å². The van der Waals surface area contributed by atoms with E-state index in [4.69, 9.17) is 14.5 Å². The molecule has 1 heterocycles. The fraction of sp³-hybridized carbons (Fsp3) is 0.636. The molecule has 2 rings (SSSR count). The van der Waals surface area contributed by atoms with Crippen LogP contribution in [0.5, 0.6) is 0 Å². The summed E-state index contributed by atoms with van der Waals surface area (Å²) in [5.74, 6) is 1.07. The van der Waals surface area contributed by atoms with Crippen molar-refractivity contribution in [3.05, 3.63) is 35.4 Å². The molecule has 1 aromatic carbocycles. The summed E-state index contributed by atoms with van der Waals surface area (Å²) >= 11 is 0. The van der Waals surface area contributed by atoms with Gasteiger partial charge in [-0.25, -0.2) is 4.79 Å². The summed E-state index contributed by atoms with van der Waals surface area (Å²) in [7, 11) is 1.39. The van der Waals surface area contributed by atoms with Gasteiger partial charge >= 0.3 is 5.97 Å². The number of ether oxygens (including phenoxy) is 2. The Morgan fingerprint density at radius 2 is 1.87 bits per heavy atom. The third-order valence-electron chi connectivity index (χ3n) is 5.15. The van der Waals surface area contributed by atoms with Gasteiger partial charge in [0.15, 0.2) is 5.96 Å². The van der Waals surface area contributed by atoms with Crippen molar-refractivity contribution in [2.75, 3.05) is 53.0 Å². The molecule has 1 aromatic rings. The van der Waals surface area contributed by atoms with E-state index in [0.29, 0.717) is 17.5 Å². The molecule has 30 heavy (non-hydrogen) atoms. The summed E-state index contributed by atoms with van der Waals surface area (Å²) in [6, 6.07) is 7.95. The molecule has 0 bridgehead atoms. The van der Waals surface area contributed by atoms with E-state index >= 15 is 0 Å². The quantitative estimate of drug-likeness (QED) is 0.221. The largest absolute Gasteiger partial charge is 0.465 e. The predicted molar refractivity (Wildman–Crippen MR) is 132 cm³/mol. The van der Waals surface area contributed by atoms with Gasteiger partial charge in [-0.2, -0.15) is 0 Å². The average molecular weight is 532 g/mol. The number of guanidine groups is 1. The lowest BCUT2D eigenvalue weighted by atomic mass is 10.0. The van der Waals surface area contributed by atoms with E-state index < -0.39 is 0 Å². The number of rotatable bonds is 9. The van der Waals surface area contributed by atoms with Crippen LogP contribution < -0.4 is 10.6 Å². The number of morpholine rings is 1. The molecule has 1 fully saturated rings. The van der Waals surface area contributed by atoms with Gasteiger partial charge in [-0.15, -0.1) is 24.0 Å². The van der Waals surface area contributed by atoms with E-state index in [0.717, 1.165) is 63.9 Å². The van der Waals surface area contributed by atoms with Crippen molar-refractivity contribution in [3.63, 3.8) is 0 Å². The second-order valence-corrected chi connectivity index (χ2v) is 7.54. The Morgan fingerprint density at radius 1 is 1.20 bits per heavy atom. The highest BCUT2D eigenvalue weighted by Gasteiger charge is 2.23. The minimum atomic E-state index is -0.309.